The monoisotopic (exact) mass is 181 g/mol. The van der Waals surface area contributed by atoms with Crippen molar-refractivity contribution in [3.63, 3.8) is 0 Å². The van der Waals surface area contributed by atoms with E-state index in [1.807, 2.05) is 0 Å². The molecule has 2 heteroatoms. The first-order valence-corrected chi connectivity index (χ1v) is 5.59. The molecule has 1 aliphatic heterocycles. The molecule has 74 valence electrons. The zero-order chi connectivity index (χ0) is 9.10. The highest BCUT2D eigenvalue weighted by Gasteiger charge is 2.23. The van der Waals surface area contributed by atoms with Gasteiger partial charge in [-0.25, -0.2) is 0 Å². The lowest BCUT2D eigenvalue weighted by atomic mass is 9.81. The fraction of sp³-hybridized carbons (Fsp3) is 0.909. The first kappa shape index (κ1) is 9.20. The summed E-state index contributed by atoms with van der Waals surface area (Å²) < 4.78 is 0. The van der Waals surface area contributed by atoms with Gasteiger partial charge in [0.1, 0.15) is 5.78 Å². The van der Waals surface area contributed by atoms with Gasteiger partial charge in [-0.15, -0.1) is 0 Å². The summed E-state index contributed by atoms with van der Waals surface area (Å²) in [6.07, 6.45) is 8.04. The van der Waals surface area contributed by atoms with Crippen LogP contribution >= 0.6 is 0 Å². The van der Waals surface area contributed by atoms with Crippen molar-refractivity contribution in [2.24, 2.45) is 5.92 Å². The zero-order valence-corrected chi connectivity index (χ0v) is 8.22. The third kappa shape index (κ3) is 2.53. The summed E-state index contributed by atoms with van der Waals surface area (Å²) in [7, 11) is 0. The van der Waals surface area contributed by atoms with Crippen molar-refractivity contribution in [2.75, 3.05) is 6.54 Å². The summed E-state index contributed by atoms with van der Waals surface area (Å²) >= 11 is 0. The molecule has 0 bridgehead atoms. The number of nitrogens with one attached hydrogen (secondary N) is 1. The van der Waals surface area contributed by atoms with Crippen molar-refractivity contribution in [3.05, 3.63) is 0 Å². The lowest BCUT2D eigenvalue weighted by Gasteiger charge is -2.24. The van der Waals surface area contributed by atoms with E-state index < -0.39 is 0 Å². The average Bonchev–Trinajstić information content (AvgIpc) is 2.49. The predicted octanol–water partition coefficient (Wildman–Crippen LogP) is 1.89. The van der Waals surface area contributed by atoms with Gasteiger partial charge in [0, 0.05) is 18.9 Å². The minimum atomic E-state index is 0.490. The number of hydrogen-bond acceptors (Lipinski definition) is 2. The van der Waals surface area contributed by atoms with Crippen molar-refractivity contribution in [2.45, 2.75) is 51.0 Å². The Morgan fingerprint density at radius 2 is 2.00 bits per heavy atom. The molecule has 0 aromatic heterocycles. The van der Waals surface area contributed by atoms with Gasteiger partial charge in [-0.2, -0.15) is 0 Å². The maximum absolute atomic E-state index is 11.6. The molecule has 2 nitrogen and oxygen atoms in total. The van der Waals surface area contributed by atoms with Gasteiger partial charge in [0.25, 0.3) is 0 Å². The number of carbonyl (C=O) groups is 1. The molecule has 1 aliphatic carbocycles. The molecule has 0 aromatic carbocycles. The van der Waals surface area contributed by atoms with Crippen molar-refractivity contribution in [1.82, 2.24) is 5.32 Å². The van der Waals surface area contributed by atoms with Crippen LogP contribution in [0.1, 0.15) is 44.9 Å². The Bertz CT molecular complexity index is 181. The molecular weight excluding hydrogens is 162 g/mol. The molecule has 1 N–H and O–H groups in total. The van der Waals surface area contributed by atoms with Crippen LogP contribution < -0.4 is 5.32 Å². The minimum absolute atomic E-state index is 0.490. The first-order valence-electron chi connectivity index (χ1n) is 5.59. The van der Waals surface area contributed by atoms with Gasteiger partial charge in [-0.05, 0) is 25.3 Å². The van der Waals surface area contributed by atoms with E-state index in [9.17, 15) is 4.79 Å². The van der Waals surface area contributed by atoms with Crippen molar-refractivity contribution in [1.29, 1.82) is 0 Å². The van der Waals surface area contributed by atoms with E-state index in [4.69, 9.17) is 0 Å². The number of hydrogen-bond donors (Lipinski definition) is 1. The van der Waals surface area contributed by atoms with Crippen LogP contribution in [0.25, 0.3) is 0 Å². The second-order valence-electron chi connectivity index (χ2n) is 4.54. The van der Waals surface area contributed by atoms with Gasteiger partial charge in [0.15, 0.2) is 0 Å². The second-order valence-corrected chi connectivity index (χ2v) is 4.54. The summed E-state index contributed by atoms with van der Waals surface area (Å²) in [6.45, 7) is 1.11. The molecule has 0 amide bonds. The summed E-state index contributed by atoms with van der Waals surface area (Å²) in [5, 5.41) is 3.38. The standard InChI is InChI=1S/C11H19NO/c13-11(7-9-3-1-4-9)8-10-5-2-6-12-10/h9-10,12H,1-8H2. The smallest absolute Gasteiger partial charge is 0.134 e. The number of rotatable bonds is 4. The normalized spacial score (nSPS) is 28.8. The van der Waals surface area contributed by atoms with Crippen LogP contribution in [0.5, 0.6) is 0 Å². The number of Topliss-reactive ketones (excluding diaryl/α,β-unsaturated/α-hetero) is 1. The molecule has 0 spiro atoms. The van der Waals surface area contributed by atoms with E-state index in [0.717, 1.165) is 25.3 Å². The van der Waals surface area contributed by atoms with E-state index in [1.54, 1.807) is 0 Å². The molecular formula is C11H19NO. The summed E-state index contributed by atoms with van der Waals surface area (Å²) in [5.74, 6) is 1.23. The van der Waals surface area contributed by atoms with Crippen molar-refractivity contribution >= 4 is 5.78 Å². The fourth-order valence-electron chi connectivity index (χ4n) is 2.31. The minimum Gasteiger partial charge on any atom is -0.314 e. The first-order chi connectivity index (χ1) is 6.34. The van der Waals surface area contributed by atoms with Gasteiger partial charge >= 0.3 is 0 Å². The van der Waals surface area contributed by atoms with Gasteiger partial charge < -0.3 is 5.32 Å². The van der Waals surface area contributed by atoms with E-state index in [0.29, 0.717) is 11.8 Å². The third-order valence-corrected chi connectivity index (χ3v) is 3.38. The molecule has 1 heterocycles. The Morgan fingerprint density at radius 3 is 2.54 bits per heavy atom. The van der Waals surface area contributed by atoms with Crippen LogP contribution in [0.3, 0.4) is 0 Å². The Hall–Kier alpha value is -0.370. The van der Waals surface area contributed by atoms with Gasteiger partial charge in [-0.3, -0.25) is 4.79 Å². The average molecular weight is 181 g/mol. The molecule has 0 radical (unpaired) electrons. The second kappa shape index (κ2) is 4.23. The zero-order valence-electron chi connectivity index (χ0n) is 8.22. The van der Waals surface area contributed by atoms with Crippen LogP contribution in [0, 0.1) is 5.92 Å². The van der Waals surface area contributed by atoms with Crippen LogP contribution in [0.15, 0.2) is 0 Å². The van der Waals surface area contributed by atoms with Crippen LogP contribution in [-0.2, 0) is 4.79 Å². The number of carbonyl (C=O) groups excluding carboxylic acids is 1. The van der Waals surface area contributed by atoms with Gasteiger partial charge in [-0.1, -0.05) is 19.3 Å². The maximum Gasteiger partial charge on any atom is 0.134 e. The molecule has 1 atom stereocenters. The van der Waals surface area contributed by atoms with E-state index in [1.165, 1.54) is 32.1 Å². The molecule has 1 unspecified atom stereocenters. The predicted molar refractivity (Wildman–Crippen MR) is 52.6 cm³/mol. The highest BCUT2D eigenvalue weighted by atomic mass is 16.1. The van der Waals surface area contributed by atoms with Gasteiger partial charge in [0.05, 0.1) is 0 Å². The molecule has 2 aliphatic rings. The molecule has 1 saturated heterocycles. The fourth-order valence-corrected chi connectivity index (χ4v) is 2.31. The Labute approximate surface area is 80.1 Å². The van der Waals surface area contributed by atoms with Crippen molar-refractivity contribution < 1.29 is 4.79 Å². The van der Waals surface area contributed by atoms with E-state index in [-0.39, 0.29) is 0 Å². The molecule has 13 heavy (non-hydrogen) atoms. The van der Waals surface area contributed by atoms with Crippen LogP contribution in [0.4, 0.5) is 0 Å². The Morgan fingerprint density at radius 1 is 1.15 bits per heavy atom. The highest BCUT2D eigenvalue weighted by molar-refractivity contribution is 5.79. The van der Waals surface area contributed by atoms with E-state index in [2.05, 4.69) is 5.32 Å². The molecule has 0 aromatic rings. The quantitative estimate of drug-likeness (QED) is 0.717. The van der Waals surface area contributed by atoms with Gasteiger partial charge in [0.2, 0.25) is 0 Å². The van der Waals surface area contributed by atoms with Crippen LogP contribution in [-0.4, -0.2) is 18.4 Å². The Kier molecular flexibility index (Phi) is 2.99. The lowest BCUT2D eigenvalue weighted by molar-refractivity contribution is -0.120. The maximum atomic E-state index is 11.6. The summed E-state index contributed by atoms with van der Waals surface area (Å²) in [6, 6.07) is 0.507. The largest absolute Gasteiger partial charge is 0.314 e. The molecule has 1 saturated carbocycles. The summed E-state index contributed by atoms with van der Waals surface area (Å²) in [5.41, 5.74) is 0. The lowest BCUT2D eigenvalue weighted by Crippen LogP contribution is -2.26. The topological polar surface area (TPSA) is 29.1 Å². The summed E-state index contributed by atoms with van der Waals surface area (Å²) in [4.78, 5) is 11.6. The van der Waals surface area contributed by atoms with Crippen molar-refractivity contribution in [3.8, 4) is 0 Å². The SMILES string of the molecule is O=C(CC1CCC1)CC1CCCN1. The molecule has 2 rings (SSSR count). The highest BCUT2D eigenvalue weighted by Crippen LogP contribution is 2.30. The Balaban J connectivity index is 1.64. The number of ketones is 1. The molecule has 2 fully saturated rings. The van der Waals surface area contributed by atoms with E-state index >= 15 is 0 Å². The third-order valence-electron chi connectivity index (χ3n) is 3.38. The van der Waals surface area contributed by atoms with Crippen LogP contribution in [0.2, 0.25) is 0 Å².